The summed E-state index contributed by atoms with van der Waals surface area (Å²) < 4.78 is 27.1. The molecule has 120 valence electrons. The molecule has 1 saturated heterocycles. The Morgan fingerprint density at radius 2 is 2.05 bits per heavy atom. The molecule has 0 amide bonds. The number of nitrogens with zero attached hydrogens (tertiary/aromatic N) is 2. The Kier molecular flexibility index (Phi) is 3.72. The number of fused-ring (bicyclic) bond motifs is 1. The lowest BCUT2D eigenvalue weighted by molar-refractivity contribution is -0.137. The molecule has 1 aliphatic heterocycles. The van der Waals surface area contributed by atoms with Gasteiger partial charge in [0.05, 0.1) is 10.7 Å². The van der Waals surface area contributed by atoms with Crippen LogP contribution in [0.4, 0.5) is 14.5 Å². The van der Waals surface area contributed by atoms with Crippen LogP contribution in [0.3, 0.4) is 0 Å². The van der Waals surface area contributed by atoms with Crippen molar-refractivity contribution in [3.63, 3.8) is 0 Å². The van der Waals surface area contributed by atoms with Crippen LogP contribution < -0.4 is 4.90 Å². The Morgan fingerprint density at radius 3 is 2.55 bits per heavy atom. The van der Waals surface area contributed by atoms with Crippen LogP contribution in [0.1, 0.15) is 19.0 Å². The molecule has 2 aliphatic rings. The fourth-order valence-electron chi connectivity index (χ4n) is 3.36. The Balaban J connectivity index is 1.81. The van der Waals surface area contributed by atoms with Gasteiger partial charge in [-0.1, -0.05) is 23.2 Å². The molecule has 0 bridgehead atoms. The van der Waals surface area contributed by atoms with E-state index in [2.05, 4.69) is 4.98 Å². The molecule has 4 nitrogen and oxygen atoms in total. The van der Waals surface area contributed by atoms with Gasteiger partial charge in [-0.3, -0.25) is 4.79 Å². The van der Waals surface area contributed by atoms with Crippen molar-refractivity contribution in [2.24, 2.45) is 17.8 Å². The average molecular weight is 351 g/mol. The summed E-state index contributed by atoms with van der Waals surface area (Å²) in [5.41, 5.74) is -0.0845. The molecular weight excluding hydrogens is 337 g/mol. The fourth-order valence-corrected chi connectivity index (χ4v) is 3.93. The number of alkyl halides is 2. The maximum atomic E-state index is 13.6. The van der Waals surface area contributed by atoms with Crippen LogP contribution >= 0.6 is 23.2 Å². The van der Waals surface area contributed by atoms with Gasteiger partial charge in [-0.05, 0) is 17.8 Å². The molecule has 1 aliphatic carbocycles. The van der Waals surface area contributed by atoms with Gasteiger partial charge in [-0.25, -0.2) is 4.98 Å². The molecule has 2 heterocycles. The number of piperidine rings is 1. The molecule has 1 aromatic heterocycles. The van der Waals surface area contributed by atoms with Gasteiger partial charge in [0, 0.05) is 32.5 Å². The van der Waals surface area contributed by atoms with Crippen LogP contribution in [-0.2, 0) is 10.7 Å². The molecule has 0 unspecified atom stereocenters. The Labute approximate surface area is 136 Å². The normalized spacial score (nSPS) is 27.0. The minimum Gasteiger partial charge on any atom is -0.481 e. The summed E-state index contributed by atoms with van der Waals surface area (Å²) in [5.74, 6) is -3.24. The van der Waals surface area contributed by atoms with Crippen LogP contribution in [0.5, 0.6) is 0 Å². The van der Waals surface area contributed by atoms with Gasteiger partial charge in [0.1, 0.15) is 10.8 Å². The largest absolute Gasteiger partial charge is 0.481 e. The smallest absolute Gasteiger partial charge is 0.303 e. The number of hydrogen-bond donors (Lipinski definition) is 1. The van der Waals surface area contributed by atoms with Gasteiger partial charge in [-0.2, -0.15) is 8.78 Å². The Bertz CT molecular complexity index is 624. The Morgan fingerprint density at radius 1 is 1.45 bits per heavy atom. The van der Waals surface area contributed by atoms with E-state index in [4.69, 9.17) is 28.3 Å². The maximum Gasteiger partial charge on any atom is 0.303 e. The molecule has 22 heavy (non-hydrogen) atoms. The highest BCUT2D eigenvalue weighted by Gasteiger charge is 2.56. The Hall–Kier alpha value is -1.14. The van der Waals surface area contributed by atoms with Gasteiger partial charge >= 0.3 is 5.97 Å². The number of halogens is 4. The van der Waals surface area contributed by atoms with Gasteiger partial charge in [0.25, 0.3) is 5.92 Å². The lowest BCUT2D eigenvalue weighted by atomic mass is 10.1. The van der Waals surface area contributed by atoms with Crippen LogP contribution in [0.15, 0.2) is 6.07 Å². The van der Waals surface area contributed by atoms with Crippen molar-refractivity contribution in [3.8, 4) is 0 Å². The van der Waals surface area contributed by atoms with Crippen molar-refractivity contribution in [1.29, 1.82) is 0 Å². The first-order valence-corrected chi connectivity index (χ1v) is 7.65. The van der Waals surface area contributed by atoms with E-state index in [1.54, 1.807) is 0 Å². The minimum atomic E-state index is -3.18. The highest BCUT2D eigenvalue weighted by atomic mass is 35.5. The molecule has 1 aromatic rings. The summed E-state index contributed by atoms with van der Waals surface area (Å²) in [6, 6.07) is 1.48. The predicted molar refractivity (Wildman–Crippen MR) is 78.8 cm³/mol. The molecule has 0 spiro atoms. The van der Waals surface area contributed by atoms with E-state index in [1.807, 2.05) is 4.90 Å². The first-order valence-electron chi connectivity index (χ1n) is 6.89. The molecule has 3 atom stereocenters. The maximum absolute atomic E-state index is 13.6. The quantitative estimate of drug-likeness (QED) is 0.842. The molecular formula is C14H14Cl2F2N2O2. The van der Waals surface area contributed by atoms with Crippen LogP contribution in [0.2, 0.25) is 10.2 Å². The van der Waals surface area contributed by atoms with E-state index >= 15 is 0 Å². The number of pyridine rings is 1. The van der Waals surface area contributed by atoms with Gasteiger partial charge in [-0.15, -0.1) is 0 Å². The lowest BCUT2D eigenvalue weighted by Crippen LogP contribution is -2.26. The SMILES string of the molecule is CC(F)(F)c1nc(Cl)cc(N2C[C@@H]3[C@H](CC(=O)O)[C@@H]3C2)c1Cl. The molecule has 1 saturated carbocycles. The number of carboxylic acid groups (broad SMARTS) is 1. The average Bonchev–Trinajstić information content (AvgIpc) is 2.84. The third-order valence-corrected chi connectivity index (χ3v) is 5.01. The monoisotopic (exact) mass is 350 g/mol. The van der Waals surface area contributed by atoms with Crippen molar-refractivity contribution < 1.29 is 18.7 Å². The topological polar surface area (TPSA) is 53.4 Å². The second-order valence-corrected chi connectivity index (χ2v) is 6.77. The van der Waals surface area contributed by atoms with Crippen LogP contribution in [0.25, 0.3) is 0 Å². The van der Waals surface area contributed by atoms with E-state index in [0.29, 0.717) is 18.8 Å². The number of hydrogen-bond acceptors (Lipinski definition) is 3. The van der Waals surface area contributed by atoms with Crippen molar-refractivity contribution in [1.82, 2.24) is 4.98 Å². The number of rotatable bonds is 4. The number of carboxylic acids is 1. The molecule has 2 fully saturated rings. The summed E-state index contributed by atoms with van der Waals surface area (Å²) in [7, 11) is 0. The van der Waals surface area contributed by atoms with E-state index in [-0.39, 0.29) is 34.4 Å². The van der Waals surface area contributed by atoms with E-state index < -0.39 is 17.6 Å². The van der Waals surface area contributed by atoms with Crippen LogP contribution in [0, 0.1) is 17.8 Å². The van der Waals surface area contributed by atoms with Crippen molar-refractivity contribution in [2.45, 2.75) is 19.3 Å². The van der Waals surface area contributed by atoms with Gasteiger partial charge in [0.2, 0.25) is 0 Å². The second-order valence-electron chi connectivity index (χ2n) is 6.01. The van der Waals surface area contributed by atoms with Crippen LogP contribution in [-0.4, -0.2) is 29.1 Å². The minimum absolute atomic E-state index is 0.0291. The molecule has 0 radical (unpaired) electrons. The molecule has 3 rings (SSSR count). The lowest BCUT2D eigenvalue weighted by Gasteiger charge is -2.25. The summed E-state index contributed by atoms with van der Waals surface area (Å²) in [5, 5.41) is 8.71. The molecule has 1 N–H and O–H groups in total. The number of carbonyl (C=O) groups is 1. The first kappa shape index (κ1) is 15.7. The predicted octanol–water partition coefficient (Wildman–Crippen LogP) is 3.66. The molecule has 0 aromatic carbocycles. The van der Waals surface area contributed by atoms with E-state index in [0.717, 1.165) is 6.92 Å². The first-order chi connectivity index (χ1) is 10.2. The van der Waals surface area contributed by atoms with Gasteiger partial charge < -0.3 is 10.0 Å². The second kappa shape index (κ2) is 5.20. The zero-order chi connectivity index (χ0) is 16.2. The highest BCUT2D eigenvalue weighted by molar-refractivity contribution is 6.35. The summed E-state index contributed by atoms with van der Waals surface area (Å²) in [6.45, 7) is 1.94. The van der Waals surface area contributed by atoms with Crippen molar-refractivity contribution in [2.75, 3.05) is 18.0 Å². The number of aromatic nitrogens is 1. The van der Waals surface area contributed by atoms with E-state index in [1.165, 1.54) is 6.07 Å². The van der Waals surface area contributed by atoms with Crippen molar-refractivity contribution >= 4 is 34.9 Å². The zero-order valence-corrected chi connectivity index (χ0v) is 13.2. The third kappa shape index (κ3) is 2.74. The summed E-state index contributed by atoms with van der Waals surface area (Å²) in [6.07, 6.45) is 0.159. The standard InChI is InChI=1S/C14H14Cl2F2N2O2/c1-14(17,18)13-12(16)9(3-10(15)19-13)20-4-7-6(2-11(21)22)8(7)5-20/h3,6-8H,2,4-5H2,1H3,(H,21,22)/t6-,7+,8-. The molecule has 8 heteroatoms. The number of anilines is 1. The zero-order valence-electron chi connectivity index (χ0n) is 11.7. The summed E-state index contributed by atoms with van der Waals surface area (Å²) >= 11 is 11.9. The highest BCUT2D eigenvalue weighted by Crippen LogP contribution is 2.55. The number of aliphatic carboxylic acids is 1. The van der Waals surface area contributed by atoms with E-state index in [9.17, 15) is 13.6 Å². The fraction of sp³-hybridized carbons (Fsp3) is 0.571. The van der Waals surface area contributed by atoms with Crippen molar-refractivity contribution in [3.05, 3.63) is 21.9 Å². The van der Waals surface area contributed by atoms with Gasteiger partial charge in [0.15, 0.2) is 0 Å². The third-order valence-electron chi connectivity index (χ3n) is 4.45. The summed E-state index contributed by atoms with van der Waals surface area (Å²) in [4.78, 5) is 16.3.